The summed E-state index contributed by atoms with van der Waals surface area (Å²) in [6.07, 6.45) is 1.13. The van der Waals surface area contributed by atoms with Crippen LogP contribution in [-0.4, -0.2) is 39.3 Å². The second-order valence-corrected chi connectivity index (χ2v) is 8.71. The van der Waals surface area contributed by atoms with Crippen LogP contribution in [0.25, 0.3) is 0 Å². The molecule has 0 bridgehead atoms. The third-order valence-corrected chi connectivity index (χ3v) is 6.02. The van der Waals surface area contributed by atoms with E-state index in [0.29, 0.717) is 22.7 Å². The van der Waals surface area contributed by atoms with Crippen molar-refractivity contribution in [2.24, 2.45) is 0 Å². The predicted molar refractivity (Wildman–Crippen MR) is 98.1 cm³/mol. The fourth-order valence-corrected chi connectivity index (χ4v) is 4.01. The molecule has 0 radical (unpaired) electrons. The highest BCUT2D eigenvalue weighted by atomic mass is 32.2. The van der Waals surface area contributed by atoms with Crippen LogP contribution < -0.4 is 10.2 Å². The third kappa shape index (κ3) is 3.69. The fourth-order valence-electron chi connectivity index (χ4n) is 2.40. The SMILES string of the molecule is CN1C(=O)CSc2ccc(C(=O)Nc3ccc(S(C)(=O)=O)cc3)cc21. The first-order chi connectivity index (χ1) is 11.8. The van der Waals surface area contributed by atoms with Crippen molar-refractivity contribution in [3.8, 4) is 0 Å². The van der Waals surface area contributed by atoms with Crippen LogP contribution in [0.5, 0.6) is 0 Å². The molecule has 1 aliphatic rings. The third-order valence-electron chi connectivity index (χ3n) is 3.85. The molecule has 130 valence electrons. The molecular weight excluding hydrogens is 360 g/mol. The normalized spacial score (nSPS) is 14.2. The minimum Gasteiger partial charge on any atom is -0.322 e. The number of amides is 2. The lowest BCUT2D eigenvalue weighted by atomic mass is 10.1. The van der Waals surface area contributed by atoms with E-state index in [1.54, 1.807) is 24.1 Å². The molecule has 1 aliphatic heterocycles. The number of fused-ring (bicyclic) bond motifs is 1. The summed E-state index contributed by atoms with van der Waals surface area (Å²) in [5.74, 6) is 0.0552. The molecule has 2 aromatic rings. The zero-order chi connectivity index (χ0) is 18.2. The second kappa shape index (κ2) is 6.53. The van der Waals surface area contributed by atoms with Crippen molar-refractivity contribution in [2.75, 3.05) is 29.3 Å². The Morgan fingerprint density at radius 1 is 1.16 bits per heavy atom. The molecule has 0 atom stereocenters. The monoisotopic (exact) mass is 376 g/mol. The van der Waals surface area contributed by atoms with Gasteiger partial charge in [-0.05, 0) is 42.5 Å². The number of benzene rings is 2. The highest BCUT2D eigenvalue weighted by Gasteiger charge is 2.22. The van der Waals surface area contributed by atoms with Crippen LogP contribution in [0, 0.1) is 0 Å². The Morgan fingerprint density at radius 2 is 1.84 bits per heavy atom. The second-order valence-electron chi connectivity index (χ2n) is 5.67. The Morgan fingerprint density at radius 3 is 2.48 bits per heavy atom. The van der Waals surface area contributed by atoms with Gasteiger partial charge in [-0.15, -0.1) is 11.8 Å². The molecule has 0 fully saturated rings. The summed E-state index contributed by atoms with van der Waals surface area (Å²) in [6.45, 7) is 0. The highest BCUT2D eigenvalue weighted by Crippen LogP contribution is 2.35. The molecule has 2 amide bonds. The molecule has 1 heterocycles. The molecule has 0 spiro atoms. The molecule has 25 heavy (non-hydrogen) atoms. The Hall–Kier alpha value is -2.32. The van der Waals surface area contributed by atoms with Crippen molar-refractivity contribution in [2.45, 2.75) is 9.79 Å². The first-order valence-electron chi connectivity index (χ1n) is 7.40. The van der Waals surface area contributed by atoms with Gasteiger partial charge >= 0.3 is 0 Å². The van der Waals surface area contributed by atoms with Gasteiger partial charge in [0.25, 0.3) is 5.91 Å². The molecule has 0 unspecified atom stereocenters. The van der Waals surface area contributed by atoms with E-state index in [4.69, 9.17) is 0 Å². The summed E-state index contributed by atoms with van der Waals surface area (Å²) < 4.78 is 22.9. The van der Waals surface area contributed by atoms with E-state index in [1.807, 2.05) is 6.07 Å². The fraction of sp³-hybridized carbons (Fsp3) is 0.176. The molecule has 0 aromatic heterocycles. The van der Waals surface area contributed by atoms with Crippen molar-refractivity contribution in [3.05, 3.63) is 48.0 Å². The van der Waals surface area contributed by atoms with Crippen molar-refractivity contribution in [1.29, 1.82) is 0 Å². The van der Waals surface area contributed by atoms with Crippen LogP contribution in [0.15, 0.2) is 52.3 Å². The number of thioether (sulfide) groups is 1. The number of carbonyl (C=O) groups excluding carboxylic acids is 2. The van der Waals surface area contributed by atoms with E-state index in [9.17, 15) is 18.0 Å². The van der Waals surface area contributed by atoms with Gasteiger partial charge in [-0.2, -0.15) is 0 Å². The number of carbonyl (C=O) groups is 2. The Kier molecular flexibility index (Phi) is 4.57. The number of nitrogens with zero attached hydrogens (tertiary/aromatic N) is 1. The van der Waals surface area contributed by atoms with Gasteiger partial charge in [0.05, 0.1) is 16.3 Å². The van der Waals surface area contributed by atoms with Gasteiger partial charge in [-0.3, -0.25) is 9.59 Å². The number of rotatable bonds is 3. The number of sulfone groups is 1. The van der Waals surface area contributed by atoms with Gasteiger partial charge in [0.2, 0.25) is 5.91 Å². The first kappa shape index (κ1) is 17.5. The predicted octanol–water partition coefficient (Wildman–Crippen LogP) is 2.41. The van der Waals surface area contributed by atoms with Crippen LogP contribution in [0.4, 0.5) is 11.4 Å². The van der Waals surface area contributed by atoms with Crippen LogP contribution in [0.3, 0.4) is 0 Å². The molecule has 0 saturated carbocycles. The summed E-state index contributed by atoms with van der Waals surface area (Å²) in [5.41, 5.74) is 1.63. The van der Waals surface area contributed by atoms with E-state index in [-0.39, 0.29) is 16.7 Å². The first-order valence-corrected chi connectivity index (χ1v) is 10.3. The van der Waals surface area contributed by atoms with Gasteiger partial charge in [-0.25, -0.2) is 8.42 Å². The Labute approximate surface area is 150 Å². The summed E-state index contributed by atoms with van der Waals surface area (Å²) >= 11 is 1.45. The topological polar surface area (TPSA) is 83.6 Å². The Bertz CT molecular complexity index is 953. The van der Waals surface area contributed by atoms with E-state index < -0.39 is 9.84 Å². The maximum Gasteiger partial charge on any atom is 0.255 e. The molecule has 0 aliphatic carbocycles. The molecule has 1 N–H and O–H groups in total. The molecule has 0 saturated heterocycles. The van der Waals surface area contributed by atoms with Gasteiger partial charge in [0.1, 0.15) is 0 Å². The standard InChI is InChI=1S/C17H16N2O4S2/c1-19-14-9-11(3-8-15(14)24-10-16(19)20)17(21)18-12-4-6-13(7-5-12)25(2,22)23/h3-9H,10H2,1-2H3,(H,18,21). The number of anilines is 2. The minimum atomic E-state index is -3.27. The summed E-state index contributed by atoms with van der Waals surface area (Å²) in [7, 11) is -1.59. The molecule has 8 heteroatoms. The average molecular weight is 376 g/mol. The molecule has 6 nitrogen and oxygen atoms in total. The van der Waals surface area contributed by atoms with Crippen molar-refractivity contribution < 1.29 is 18.0 Å². The number of hydrogen-bond acceptors (Lipinski definition) is 5. The lowest BCUT2D eigenvalue weighted by molar-refractivity contribution is -0.116. The van der Waals surface area contributed by atoms with Crippen LogP contribution in [-0.2, 0) is 14.6 Å². The van der Waals surface area contributed by atoms with Crippen LogP contribution in [0.1, 0.15) is 10.4 Å². The zero-order valence-electron chi connectivity index (χ0n) is 13.6. The maximum atomic E-state index is 12.4. The van der Waals surface area contributed by atoms with E-state index in [2.05, 4.69) is 5.32 Å². The smallest absolute Gasteiger partial charge is 0.255 e. The van der Waals surface area contributed by atoms with Gasteiger partial charge in [0.15, 0.2) is 9.84 Å². The molecule has 2 aromatic carbocycles. The van der Waals surface area contributed by atoms with Crippen molar-refractivity contribution in [3.63, 3.8) is 0 Å². The lowest BCUT2D eigenvalue weighted by Gasteiger charge is -2.25. The van der Waals surface area contributed by atoms with Gasteiger partial charge in [0, 0.05) is 29.4 Å². The minimum absolute atomic E-state index is 0.00794. The number of hydrogen-bond donors (Lipinski definition) is 1. The van der Waals surface area contributed by atoms with Crippen molar-refractivity contribution >= 4 is 44.8 Å². The highest BCUT2D eigenvalue weighted by molar-refractivity contribution is 8.00. The van der Waals surface area contributed by atoms with Gasteiger partial charge < -0.3 is 10.2 Å². The summed E-state index contributed by atoms with van der Waals surface area (Å²) in [5, 5.41) is 2.73. The zero-order valence-corrected chi connectivity index (χ0v) is 15.3. The maximum absolute atomic E-state index is 12.4. The van der Waals surface area contributed by atoms with Crippen LogP contribution in [0.2, 0.25) is 0 Å². The Balaban J connectivity index is 1.81. The summed E-state index contributed by atoms with van der Waals surface area (Å²) in [4.78, 5) is 26.9. The van der Waals surface area contributed by atoms with Crippen molar-refractivity contribution in [1.82, 2.24) is 0 Å². The summed E-state index contributed by atoms with van der Waals surface area (Å²) in [6, 6.07) is 11.2. The molecular formula is C17H16N2O4S2. The van der Waals surface area contributed by atoms with Crippen LogP contribution >= 0.6 is 11.8 Å². The number of nitrogens with one attached hydrogen (secondary N) is 1. The van der Waals surface area contributed by atoms with E-state index in [0.717, 1.165) is 11.2 Å². The quantitative estimate of drug-likeness (QED) is 0.889. The lowest BCUT2D eigenvalue weighted by Crippen LogP contribution is -2.31. The largest absolute Gasteiger partial charge is 0.322 e. The van der Waals surface area contributed by atoms with Gasteiger partial charge in [-0.1, -0.05) is 0 Å². The average Bonchev–Trinajstić information content (AvgIpc) is 2.57. The molecule has 3 rings (SSSR count). The van der Waals surface area contributed by atoms with E-state index >= 15 is 0 Å². The van der Waals surface area contributed by atoms with E-state index in [1.165, 1.54) is 36.0 Å².